The van der Waals surface area contributed by atoms with Crippen LogP contribution in [0.1, 0.15) is 12.0 Å². The lowest BCUT2D eigenvalue weighted by atomic mass is 10.2. The van der Waals surface area contributed by atoms with Crippen LogP contribution in [0.15, 0.2) is 57.4 Å². The molecule has 1 amide bonds. The monoisotopic (exact) mass is 383 g/mol. The molecular weight excluding hydrogens is 371 g/mol. The molecule has 1 aromatic carbocycles. The molecule has 3 rings (SSSR count). The third-order valence-electron chi connectivity index (χ3n) is 3.29. The van der Waals surface area contributed by atoms with E-state index in [-0.39, 0.29) is 11.5 Å². The van der Waals surface area contributed by atoms with E-state index in [0.717, 1.165) is 5.56 Å². The van der Waals surface area contributed by atoms with Crippen LogP contribution in [0.5, 0.6) is 0 Å². The lowest BCUT2D eigenvalue weighted by Crippen LogP contribution is -2.38. The maximum absolute atomic E-state index is 13.3. The molecule has 1 N–H and O–H groups in total. The van der Waals surface area contributed by atoms with Gasteiger partial charge in [-0.3, -0.25) is 4.79 Å². The van der Waals surface area contributed by atoms with Crippen molar-refractivity contribution in [3.63, 3.8) is 0 Å². The zero-order valence-electron chi connectivity index (χ0n) is 12.7. The number of benzene rings is 1. The smallest absolute Gasteiger partial charge is 0.325 e. The van der Waals surface area contributed by atoms with Gasteiger partial charge in [-0.2, -0.15) is 29.6 Å². The van der Waals surface area contributed by atoms with Gasteiger partial charge in [0.15, 0.2) is 5.25 Å². The number of hydrogen-bond acceptors (Lipinski definition) is 5. The Labute approximate surface area is 149 Å². The Kier molecular flexibility index (Phi) is 5.24. The summed E-state index contributed by atoms with van der Waals surface area (Å²) >= 11 is 1.86. The number of nitrogens with one attached hydrogen (secondary N) is 1. The third kappa shape index (κ3) is 4.49. The highest BCUT2D eigenvalue weighted by Crippen LogP contribution is 2.34. The minimum Gasteiger partial charge on any atom is -0.325 e. The Morgan fingerprint density at radius 1 is 1.20 bits per heavy atom. The number of halogens is 3. The van der Waals surface area contributed by atoms with E-state index in [2.05, 4.69) is 15.5 Å². The molecule has 2 heterocycles. The number of nitrogens with zero attached hydrogens (tertiary/aromatic N) is 2. The first-order chi connectivity index (χ1) is 11.9. The molecule has 1 aromatic heterocycles. The number of hydrogen-bond donors (Lipinski definition) is 1. The number of anilines is 1. The number of carbonyl (C=O) groups excluding carboxylic acids is 1. The van der Waals surface area contributed by atoms with E-state index in [1.807, 2.05) is 16.8 Å². The molecule has 9 heteroatoms. The summed E-state index contributed by atoms with van der Waals surface area (Å²) in [7, 11) is 0. The minimum atomic E-state index is -4.70. The van der Waals surface area contributed by atoms with E-state index < -0.39 is 17.3 Å². The van der Waals surface area contributed by atoms with Crippen LogP contribution in [-0.4, -0.2) is 28.1 Å². The van der Waals surface area contributed by atoms with Crippen LogP contribution in [0, 0.1) is 0 Å². The lowest BCUT2D eigenvalue weighted by molar-refractivity contribution is -0.146. The van der Waals surface area contributed by atoms with E-state index in [4.69, 9.17) is 0 Å². The fourth-order valence-corrected chi connectivity index (χ4v) is 3.66. The Bertz CT molecular complexity index is 802. The van der Waals surface area contributed by atoms with Crippen molar-refractivity contribution in [1.29, 1.82) is 0 Å². The number of rotatable bonds is 4. The molecule has 0 radical (unpaired) electrons. The van der Waals surface area contributed by atoms with Crippen molar-refractivity contribution in [2.75, 3.05) is 5.32 Å². The van der Waals surface area contributed by atoms with Gasteiger partial charge in [0.1, 0.15) is 5.04 Å². The molecule has 130 valence electrons. The Balaban J connectivity index is 1.67. The Morgan fingerprint density at radius 2 is 1.96 bits per heavy atom. The van der Waals surface area contributed by atoms with Gasteiger partial charge in [-0.05, 0) is 29.0 Å². The van der Waals surface area contributed by atoms with Crippen LogP contribution in [0.4, 0.5) is 18.9 Å². The molecule has 2 aromatic rings. The second kappa shape index (κ2) is 7.40. The van der Waals surface area contributed by atoms with Crippen molar-refractivity contribution >= 4 is 45.4 Å². The highest BCUT2D eigenvalue weighted by Gasteiger charge is 2.46. The van der Waals surface area contributed by atoms with Crippen LogP contribution in [0.2, 0.25) is 0 Å². The lowest BCUT2D eigenvalue weighted by Gasteiger charge is -2.19. The first-order valence-corrected chi connectivity index (χ1v) is 9.01. The van der Waals surface area contributed by atoms with Crippen LogP contribution in [-0.2, 0) is 4.79 Å². The van der Waals surface area contributed by atoms with Gasteiger partial charge in [-0.25, -0.2) is 0 Å². The molecular formula is C16H12F3N3OS2. The van der Waals surface area contributed by atoms with Gasteiger partial charge in [0.25, 0.3) is 0 Å². The van der Waals surface area contributed by atoms with Crippen molar-refractivity contribution in [3.05, 3.63) is 52.7 Å². The summed E-state index contributed by atoms with van der Waals surface area (Å²) in [6.07, 6.45) is -4.51. The van der Waals surface area contributed by atoms with Gasteiger partial charge in [-0.1, -0.05) is 30.0 Å². The first-order valence-electron chi connectivity index (χ1n) is 7.19. The average molecular weight is 383 g/mol. The summed E-state index contributed by atoms with van der Waals surface area (Å²) in [5.41, 5.74) is 1.75. The Hall–Kier alpha value is -2.13. The normalized spacial score (nSPS) is 15.5. The summed E-state index contributed by atoms with van der Waals surface area (Å²) in [5.74, 6) is -1.13. The van der Waals surface area contributed by atoms with Gasteiger partial charge in [-0.15, -0.1) is 5.10 Å². The molecule has 1 unspecified atom stereocenters. The fraction of sp³-hybridized carbons (Fsp3) is 0.188. The second-order valence-electron chi connectivity index (χ2n) is 5.12. The standard InChI is InChI=1S/C16H12F3N3OS2/c17-16(18,19)14(15(23)20-11-4-2-1-3-5-11)25-13-8-12(21-22-13)10-6-7-24-9-10/h1-7,9,14H,8H2,(H,20,23). The molecule has 1 aliphatic heterocycles. The van der Waals surface area contributed by atoms with Gasteiger partial charge in [0.2, 0.25) is 5.91 Å². The zero-order valence-corrected chi connectivity index (χ0v) is 14.3. The SMILES string of the molecule is O=C(Nc1ccccc1)C(SC1=NN=C(c2ccsc2)C1)C(F)(F)F. The molecule has 0 saturated carbocycles. The predicted octanol–water partition coefficient (Wildman–Crippen LogP) is 4.56. The summed E-state index contributed by atoms with van der Waals surface area (Å²) in [4.78, 5) is 12.1. The molecule has 25 heavy (non-hydrogen) atoms. The first kappa shape index (κ1) is 17.7. The summed E-state index contributed by atoms with van der Waals surface area (Å²) < 4.78 is 40.0. The van der Waals surface area contributed by atoms with Crippen molar-refractivity contribution in [2.24, 2.45) is 10.2 Å². The van der Waals surface area contributed by atoms with Crippen LogP contribution < -0.4 is 5.32 Å². The molecule has 4 nitrogen and oxygen atoms in total. The Morgan fingerprint density at radius 3 is 2.60 bits per heavy atom. The maximum atomic E-state index is 13.3. The van der Waals surface area contributed by atoms with Crippen molar-refractivity contribution < 1.29 is 18.0 Å². The average Bonchev–Trinajstić information content (AvgIpc) is 3.23. The zero-order chi connectivity index (χ0) is 17.9. The van der Waals surface area contributed by atoms with E-state index in [1.165, 1.54) is 23.5 Å². The number of carbonyl (C=O) groups is 1. The molecule has 1 aliphatic rings. The largest absolute Gasteiger partial charge is 0.409 e. The molecule has 0 fully saturated rings. The van der Waals surface area contributed by atoms with Gasteiger partial charge in [0.05, 0.1) is 5.71 Å². The number of alkyl halides is 3. The van der Waals surface area contributed by atoms with Gasteiger partial charge in [0, 0.05) is 17.7 Å². The fourth-order valence-electron chi connectivity index (χ4n) is 2.12. The van der Waals surface area contributed by atoms with Gasteiger partial charge >= 0.3 is 6.18 Å². The quantitative estimate of drug-likeness (QED) is 0.842. The van der Waals surface area contributed by atoms with Crippen LogP contribution in [0.25, 0.3) is 0 Å². The molecule has 0 spiro atoms. The van der Waals surface area contributed by atoms with E-state index >= 15 is 0 Å². The molecule has 0 bridgehead atoms. The maximum Gasteiger partial charge on any atom is 0.409 e. The second-order valence-corrected chi connectivity index (χ2v) is 7.08. The summed E-state index contributed by atoms with van der Waals surface area (Å²) in [5, 5.41) is 11.7. The van der Waals surface area contributed by atoms with E-state index in [1.54, 1.807) is 18.2 Å². The van der Waals surface area contributed by atoms with Gasteiger partial charge < -0.3 is 5.32 Å². The van der Waals surface area contributed by atoms with Crippen molar-refractivity contribution in [2.45, 2.75) is 17.8 Å². The predicted molar refractivity (Wildman–Crippen MR) is 95.4 cm³/mol. The highest BCUT2D eigenvalue weighted by atomic mass is 32.2. The number of para-hydroxylation sites is 1. The molecule has 0 aliphatic carbocycles. The van der Waals surface area contributed by atoms with Crippen LogP contribution >= 0.6 is 23.1 Å². The number of thiophene rings is 1. The highest BCUT2D eigenvalue weighted by molar-refractivity contribution is 8.15. The topological polar surface area (TPSA) is 53.8 Å². The van der Waals surface area contributed by atoms with E-state index in [0.29, 0.717) is 23.2 Å². The number of thioether (sulfide) groups is 1. The number of amides is 1. The minimum absolute atomic E-state index is 0.173. The van der Waals surface area contributed by atoms with Crippen molar-refractivity contribution in [3.8, 4) is 0 Å². The van der Waals surface area contributed by atoms with Crippen LogP contribution in [0.3, 0.4) is 0 Å². The molecule has 1 atom stereocenters. The summed E-state index contributed by atoms with van der Waals surface area (Å²) in [6, 6.07) is 9.86. The van der Waals surface area contributed by atoms with E-state index in [9.17, 15) is 18.0 Å². The summed E-state index contributed by atoms with van der Waals surface area (Å²) in [6.45, 7) is 0. The third-order valence-corrected chi connectivity index (χ3v) is 5.18. The van der Waals surface area contributed by atoms with Crippen molar-refractivity contribution in [1.82, 2.24) is 0 Å². The molecule has 0 saturated heterocycles.